The van der Waals surface area contributed by atoms with E-state index in [1.165, 1.54) is 18.3 Å². The summed E-state index contributed by atoms with van der Waals surface area (Å²) in [4.78, 5) is 30.7. The summed E-state index contributed by atoms with van der Waals surface area (Å²) in [6, 6.07) is 15.3. The monoisotopic (exact) mass is 444 g/mol. The maximum Gasteiger partial charge on any atom is 0.341 e. The van der Waals surface area contributed by atoms with Gasteiger partial charge in [0.2, 0.25) is 5.43 Å². The van der Waals surface area contributed by atoms with Gasteiger partial charge in [0.05, 0.1) is 5.52 Å². The number of hydrogen-bond acceptors (Lipinski definition) is 5. The van der Waals surface area contributed by atoms with Gasteiger partial charge in [-0.2, -0.15) is 0 Å². The molecule has 0 aliphatic carbocycles. The summed E-state index contributed by atoms with van der Waals surface area (Å²) in [5.74, 6) is -1.69. The lowest BCUT2D eigenvalue weighted by atomic mass is 10.1. The average Bonchev–Trinajstić information content (AvgIpc) is 3.29. The fourth-order valence-corrected chi connectivity index (χ4v) is 4.27. The normalized spacial score (nSPS) is 15.7. The van der Waals surface area contributed by atoms with Crippen LogP contribution in [-0.4, -0.2) is 39.8 Å². The molecule has 2 N–H and O–H groups in total. The molecule has 2 aromatic heterocycles. The van der Waals surface area contributed by atoms with Crippen molar-refractivity contribution in [2.45, 2.75) is 12.5 Å². The molecule has 0 bridgehead atoms. The van der Waals surface area contributed by atoms with Gasteiger partial charge in [0.25, 0.3) is 0 Å². The number of fused-ring (bicyclic) bond motifs is 1. The number of halogens is 1. The molecule has 0 amide bonds. The van der Waals surface area contributed by atoms with Crippen molar-refractivity contribution in [3.8, 4) is 5.69 Å². The standard InChI is InChI=1S/C25H21FN4O3/c26-16-1-3-19(4-2-16)30-15-22(25(32)33)24(31)21-6-5-20(13-23(21)30)29-12-9-18(14-29)28-17-7-10-27-11-8-17/h1-8,10-11,13,15,18H,9,12,14H2,(H,27,28)(H,32,33). The Bertz CT molecular complexity index is 1390. The van der Waals surface area contributed by atoms with Crippen molar-refractivity contribution in [2.24, 2.45) is 0 Å². The molecule has 0 saturated carbocycles. The van der Waals surface area contributed by atoms with Gasteiger partial charge in [0.1, 0.15) is 11.4 Å². The van der Waals surface area contributed by atoms with Gasteiger partial charge in [0, 0.05) is 60.2 Å². The minimum Gasteiger partial charge on any atom is -0.477 e. The number of carboxylic acids is 1. The first kappa shape index (κ1) is 20.7. The maximum absolute atomic E-state index is 13.5. The van der Waals surface area contributed by atoms with E-state index in [0.29, 0.717) is 16.6 Å². The van der Waals surface area contributed by atoms with Crippen molar-refractivity contribution < 1.29 is 14.3 Å². The lowest BCUT2D eigenvalue weighted by molar-refractivity contribution is 0.0695. The Morgan fingerprint density at radius 3 is 2.52 bits per heavy atom. The summed E-state index contributed by atoms with van der Waals surface area (Å²) in [5, 5.41) is 13.3. The maximum atomic E-state index is 13.5. The highest BCUT2D eigenvalue weighted by Crippen LogP contribution is 2.27. The van der Waals surface area contributed by atoms with E-state index in [9.17, 15) is 19.1 Å². The van der Waals surface area contributed by atoms with Gasteiger partial charge in [0.15, 0.2) is 0 Å². The van der Waals surface area contributed by atoms with Crippen LogP contribution in [0.25, 0.3) is 16.6 Å². The highest BCUT2D eigenvalue weighted by molar-refractivity contribution is 5.94. The zero-order valence-electron chi connectivity index (χ0n) is 17.6. The van der Waals surface area contributed by atoms with Crippen LogP contribution in [0.15, 0.2) is 78.0 Å². The van der Waals surface area contributed by atoms with Gasteiger partial charge in [-0.1, -0.05) is 0 Å². The summed E-state index contributed by atoms with van der Waals surface area (Å²) in [6.45, 7) is 1.62. The van der Waals surface area contributed by atoms with Gasteiger partial charge in [-0.25, -0.2) is 9.18 Å². The molecule has 1 aliphatic rings. The van der Waals surface area contributed by atoms with Gasteiger partial charge in [-0.05, 0) is 61.0 Å². The molecule has 2 aromatic carbocycles. The molecule has 3 heterocycles. The summed E-state index contributed by atoms with van der Waals surface area (Å²) in [5.41, 5.74) is 2.21. The third-order valence-corrected chi connectivity index (χ3v) is 5.93. The Morgan fingerprint density at radius 1 is 1.06 bits per heavy atom. The van der Waals surface area contributed by atoms with Crippen LogP contribution in [0.4, 0.5) is 15.8 Å². The molecule has 5 rings (SSSR count). The largest absolute Gasteiger partial charge is 0.477 e. The molecule has 1 saturated heterocycles. The number of carboxylic acid groups (broad SMARTS) is 1. The molecule has 33 heavy (non-hydrogen) atoms. The minimum absolute atomic E-state index is 0.261. The highest BCUT2D eigenvalue weighted by atomic mass is 19.1. The van der Waals surface area contributed by atoms with Crippen LogP contribution >= 0.6 is 0 Å². The second kappa shape index (κ2) is 8.38. The van der Waals surface area contributed by atoms with E-state index in [1.807, 2.05) is 24.3 Å². The van der Waals surface area contributed by atoms with Gasteiger partial charge < -0.3 is 19.9 Å². The molecule has 1 atom stereocenters. The van der Waals surface area contributed by atoms with E-state index >= 15 is 0 Å². The summed E-state index contributed by atoms with van der Waals surface area (Å²) >= 11 is 0. The van der Waals surface area contributed by atoms with Gasteiger partial charge >= 0.3 is 5.97 Å². The van der Waals surface area contributed by atoms with Crippen LogP contribution in [0, 0.1) is 5.82 Å². The van der Waals surface area contributed by atoms with Crippen LogP contribution in [0.1, 0.15) is 16.8 Å². The quantitative estimate of drug-likeness (QED) is 0.485. The topological polar surface area (TPSA) is 87.5 Å². The van der Waals surface area contributed by atoms with E-state index in [1.54, 1.807) is 35.2 Å². The molecule has 166 valence electrons. The predicted molar refractivity (Wildman–Crippen MR) is 125 cm³/mol. The zero-order chi connectivity index (χ0) is 22.9. The molecule has 0 radical (unpaired) electrons. The molecule has 8 heteroatoms. The third kappa shape index (κ3) is 4.03. The first-order valence-electron chi connectivity index (χ1n) is 10.6. The van der Waals surface area contributed by atoms with Crippen molar-refractivity contribution in [1.82, 2.24) is 9.55 Å². The fourth-order valence-electron chi connectivity index (χ4n) is 4.27. The number of nitrogens with zero attached hydrogens (tertiary/aromatic N) is 3. The Hall–Kier alpha value is -4.20. The number of hydrogen-bond donors (Lipinski definition) is 2. The Labute approximate surface area is 188 Å². The van der Waals surface area contributed by atoms with E-state index in [-0.39, 0.29) is 11.6 Å². The Kier molecular flexibility index (Phi) is 5.26. The molecule has 7 nitrogen and oxygen atoms in total. The van der Waals surface area contributed by atoms with Crippen molar-refractivity contribution in [2.75, 3.05) is 23.3 Å². The number of rotatable bonds is 5. The molecular weight excluding hydrogens is 423 g/mol. The molecule has 1 fully saturated rings. The zero-order valence-corrected chi connectivity index (χ0v) is 17.6. The number of aromatic nitrogens is 2. The van der Waals surface area contributed by atoms with E-state index in [0.717, 1.165) is 30.9 Å². The molecule has 1 unspecified atom stereocenters. The average molecular weight is 444 g/mol. The smallest absolute Gasteiger partial charge is 0.341 e. The number of pyridine rings is 2. The second-order valence-corrected chi connectivity index (χ2v) is 8.04. The van der Waals surface area contributed by atoms with Crippen LogP contribution < -0.4 is 15.6 Å². The van der Waals surface area contributed by atoms with E-state index in [2.05, 4.69) is 15.2 Å². The molecule has 1 aliphatic heterocycles. The second-order valence-electron chi connectivity index (χ2n) is 8.04. The molecule has 0 spiro atoms. The lowest BCUT2D eigenvalue weighted by Crippen LogP contribution is -2.26. The van der Waals surface area contributed by atoms with Crippen LogP contribution in [0.2, 0.25) is 0 Å². The fraction of sp³-hybridized carbons (Fsp3) is 0.160. The lowest BCUT2D eigenvalue weighted by Gasteiger charge is -2.21. The molecular formula is C25H21FN4O3. The van der Waals surface area contributed by atoms with Gasteiger partial charge in [-0.15, -0.1) is 0 Å². The van der Waals surface area contributed by atoms with E-state index < -0.39 is 17.2 Å². The number of benzene rings is 2. The number of carbonyl (C=O) groups is 1. The highest BCUT2D eigenvalue weighted by Gasteiger charge is 2.24. The van der Waals surface area contributed by atoms with Crippen molar-refractivity contribution in [3.63, 3.8) is 0 Å². The Balaban J connectivity index is 1.53. The summed E-state index contributed by atoms with van der Waals surface area (Å²) in [6.07, 6.45) is 5.75. The summed E-state index contributed by atoms with van der Waals surface area (Å²) < 4.78 is 15.1. The van der Waals surface area contributed by atoms with Crippen LogP contribution in [0.5, 0.6) is 0 Å². The number of aromatic carboxylic acids is 1. The third-order valence-electron chi connectivity index (χ3n) is 5.93. The van der Waals surface area contributed by atoms with Crippen molar-refractivity contribution >= 4 is 28.2 Å². The number of nitrogens with one attached hydrogen (secondary N) is 1. The van der Waals surface area contributed by atoms with Crippen LogP contribution in [-0.2, 0) is 0 Å². The van der Waals surface area contributed by atoms with Crippen LogP contribution in [0.3, 0.4) is 0 Å². The van der Waals surface area contributed by atoms with Crippen molar-refractivity contribution in [1.29, 1.82) is 0 Å². The first-order valence-corrected chi connectivity index (χ1v) is 10.6. The van der Waals surface area contributed by atoms with Crippen molar-refractivity contribution in [3.05, 3.63) is 94.8 Å². The Morgan fingerprint density at radius 2 is 1.79 bits per heavy atom. The first-order chi connectivity index (χ1) is 16.0. The predicted octanol–water partition coefficient (Wildman–Crippen LogP) is 3.91. The summed E-state index contributed by atoms with van der Waals surface area (Å²) in [7, 11) is 0. The molecule has 4 aromatic rings. The minimum atomic E-state index is -1.30. The van der Waals surface area contributed by atoms with E-state index in [4.69, 9.17) is 0 Å². The van der Waals surface area contributed by atoms with Gasteiger partial charge in [-0.3, -0.25) is 9.78 Å². The SMILES string of the molecule is O=C(O)c1cn(-c2ccc(F)cc2)c2cc(N3CCC(Nc4ccncc4)C3)ccc2c1=O. The number of anilines is 2.